The standard InChI is InChI=1S/C21H17FN4O4/c1-28-16-9-14(10-17(11-16)29-2)21-23-19(30-25-21)12-26-20(27)8-7-18(24-26)13-3-5-15(22)6-4-13/h3-11H,12H2,1-2H3. The Morgan fingerprint density at radius 2 is 1.67 bits per heavy atom. The minimum atomic E-state index is -0.348. The molecule has 8 nitrogen and oxygen atoms in total. The molecule has 9 heteroatoms. The lowest BCUT2D eigenvalue weighted by molar-refractivity contribution is 0.363. The van der Waals surface area contributed by atoms with Crippen LogP contribution in [0, 0.1) is 5.82 Å². The van der Waals surface area contributed by atoms with Crippen molar-refractivity contribution in [2.24, 2.45) is 0 Å². The second-order valence-corrected chi connectivity index (χ2v) is 6.33. The first kappa shape index (κ1) is 19.3. The predicted octanol–water partition coefficient (Wildman–Crippen LogP) is 3.16. The third-order valence-electron chi connectivity index (χ3n) is 4.37. The molecule has 0 aliphatic carbocycles. The van der Waals surface area contributed by atoms with E-state index in [4.69, 9.17) is 14.0 Å². The molecule has 0 atom stereocenters. The molecular formula is C21H17FN4O4. The summed E-state index contributed by atoms with van der Waals surface area (Å²) in [7, 11) is 3.10. The number of halogens is 1. The first-order valence-electron chi connectivity index (χ1n) is 8.96. The minimum absolute atomic E-state index is 0.0119. The second kappa shape index (κ2) is 8.16. The maximum Gasteiger partial charge on any atom is 0.267 e. The molecule has 152 valence electrons. The normalized spacial score (nSPS) is 10.8. The first-order chi connectivity index (χ1) is 14.6. The van der Waals surface area contributed by atoms with Crippen LogP contribution < -0.4 is 15.0 Å². The van der Waals surface area contributed by atoms with E-state index >= 15 is 0 Å². The summed E-state index contributed by atoms with van der Waals surface area (Å²) in [6.07, 6.45) is 0. The molecule has 0 unspecified atom stereocenters. The van der Waals surface area contributed by atoms with Crippen molar-refractivity contribution in [1.82, 2.24) is 19.9 Å². The van der Waals surface area contributed by atoms with Crippen LogP contribution in [-0.4, -0.2) is 34.1 Å². The van der Waals surface area contributed by atoms with Gasteiger partial charge in [0.2, 0.25) is 11.7 Å². The molecule has 0 amide bonds. The fourth-order valence-corrected chi connectivity index (χ4v) is 2.84. The molecular weight excluding hydrogens is 391 g/mol. The highest BCUT2D eigenvalue weighted by atomic mass is 19.1. The van der Waals surface area contributed by atoms with Gasteiger partial charge in [-0.25, -0.2) is 9.07 Å². The van der Waals surface area contributed by atoms with E-state index in [-0.39, 0.29) is 23.8 Å². The van der Waals surface area contributed by atoms with Crippen LogP contribution in [0.2, 0.25) is 0 Å². The van der Waals surface area contributed by atoms with Gasteiger partial charge in [-0.2, -0.15) is 10.1 Å². The summed E-state index contributed by atoms with van der Waals surface area (Å²) in [6, 6.07) is 14.0. The van der Waals surface area contributed by atoms with Crippen molar-refractivity contribution >= 4 is 0 Å². The Bertz CT molecular complexity index is 1210. The Kier molecular flexibility index (Phi) is 5.25. The van der Waals surface area contributed by atoms with Crippen molar-refractivity contribution in [3.05, 3.63) is 76.7 Å². The highest BCUT2D eigenvalue weighted by molar-refractivity contribution is 5.60. The van der Waals surface area contributed by atoms with Crippen LogP contribution in [-0.2, 0) is 6.54 Å². The lowest BCUT2D eigenvalue weighted by atomic mass is 10.1. The Morgan fingerprint density at radius 3 is 2.33 bits per heavy atom. The number of ether oxygens (including phenoxy) is 2. The fourth-order valence-electron chi connectivity index (χ4n) is 2.84. The maximum absolute atomic E-state index is 13.2. The molecule has 2 aromatic carbocycles. The summed E-state index contributed by atoms with van der Waals surface area (Å²) in [5.74, 6) is 1.35. The summed E-state index contributed by atoms with van der Waals surface area (Å²) in [4.78, 5) is 16.6. The molecule has 0 aliphatic heterocycles. The van der Waals surface area contributed by atoms with E-state index in [1.165, 1.54) is 22.9 Å². The van der Waals surface area contributed by atoms with Crippen LogP contribution in [0.5, 0.6) is 11.5 Å². The molecule has 0 radical (unpaired) electrons. The van der Waals surface area contributed by atoms with E-state index < -0.39 is 0 Å². The van der Waals surface area contributed by atoms with Gasteiger partial charge in [0.25, 0.3) is 5.56 Å². The van der Waals surface area contributed by atoms with Gasteiger partial charge < -0.3 is 14.0 Å². The third-order valence-corrected chi connectivity index (χ3v) is 4.37. The molecule has 0 saturated carbocycles. The zero-order valence-corrected chi connectivity index (χ0v) is 16.2. The third kappa shape index (κ3) is 4.04. The molecule has 0 bridgehead atoms. The van der Waals surface area contributed by atoms with Crippen molar-refractivity contribution in [1.29, 1.82) is 0 Å². The molecule has 0 N–H and O–H groups in total. The number of rotatable bonds is 6. The van der Waals surface area contributed by atoms with Crippen LogP contribution in [0.3, 0.4) is 0 Å². The number of aromatic nitrogens is 4. The van der Waals surface area contributed by atoms with Crippen LogP contribution in [0.15, 0.2) is 63.9 Å². The molecule has 2 heterocycles. The molecule has 0 fully saturated rings. The highest BCUT2D eigenvalue weighted by Gasteiger charge is 2.13. The summed E-state index contributed by atoms with van der Waals surface area (Å²) >= 11 is 0. The van der Waals surface area contributed by atoms with E-state index in [1.54, 1.807) is 50.6 Å². The number of methoxy groups -OCH3 is 2. The van der Waals surface area contributed by atoms with Gasteiger partial charge in [-0.05, 0) is 42.5 Å². The smallest absolute Gasteiger partial charge is 0.267 e. The molecule has 4 aromatic rings. The van der Waals surface area contributed by atoms with Crippen LogP contribution in [0.4, 0.5) is 4.39 Å². The van der Waals surface area contributed by atoms with Crippen molar-refractivity contribution in [3.8, 4) is 34.1 Å². The van der Waals surface area contributed by atoms with Crippen LogP contribution >= 0.6 is 0 Å². The van der Waals surface area contributed by atoms with Gasteiger partial charge >= 0.3 is 0 Å². The van der Waals surface area contributed by atoms with Gasteiger partial charge in [0.05, 0.1) is 19.9 Å². The lowest BCUT2D eigenvalue weighted by Crippen LogP contribution is -2.23. The van der Waals surface area contributed by atoms with E-state index in [0.29, 0.717) is 34.1 Å². The predicted molar refractivity (Wildman–Crippen MR) is 106 cm³/mol. The van der Waals surface area contributed by atoms with Crippen LogP contribution in [0.25, 0.3) is 22.6 Å². The average Bonchev–Trinajstić information content (AvgIpc) is 3.24. The molecule has 0 spiro atoms. The van der Waals surface area contributed by atoms with Gasteiger partial charge in [0.15, 0.2) is 0 Å². The minimum Gasteiger partial charge on any atom is -0.497 e. The summed E-state index contributed by atoms with van der Waals surface area (Å²) in [5, 5.41) is 8.29. The van der Waals surface area contributed by atoms with Crippen molar-refractivity contribution in [3.63, 3.8) is 0 Å². The van der Waals surface area contributed by atoms with E-state index in [9.17, 15) is 9.18 Å². The Morgan fingerprint density at radius 1 is 0.967 bits per heavy atom. The Hall–Kier alpha value is -4.01. The largest absolute Gasteiger partial charge is 0.497 e. The summed E-state index contributed by atoms with van der Waals surface area (Å²) in [6.45, 7) is -0.0119. The molecule has 30 heavy (non-hydrogen) atoms. The van der Waals surface area contributed by atoms with Gasteiger partial charge in [-0.3, -0.25) is 4.79 Å². The molecule has 2 aromatic heterocycles. The highest BCUT2D eigenvalue weighted by Crippen LogP contribution is 2.28. The lowest BCUT2D eigenvalue weighted by Gasteiger charge is -2.06. The zero-order chi connectivity index (χ0) is 21.1. The second-order valence-electron chi connectivity index (χ2n) is 6.33. The van der Waals surface area contributed by atoms with Gasteiger partial charge in [0, 0.05) is 23.3 Å². The van der Waals surface area contributed by atoms with E-state index in [2.05, 4.69) is 15.2 Å². The number of nitrogens with zero attached hydrogens (tertiary/aromatic N) is 4. The Balaban J connectivity index is 1.62. The first-order valence-corrected chi connectivity index (χ1v) is 8.96. The van der Waals surface area contributed by atoms with Crippen LogP contribution in [0.1, 0.15) is 5.89 Å². The van der Waals surface area contributed by atoms with E-state index in [1.807, 2.05) is 0 Å². The van der Waals surface area contributed by atoms with Gasteiger partial charge in [0.1, 0.15) is 23.9 Å². The number of hydrogen-bond acceptors (Lipinski definition) is 7. The monoisotopic (exact) mass is 408 g/mol. The number of hydrogen-bond donors (Lipinski definition) is 0. The number of benzene rings is 2. The fraction of sp³-hybridized carbons (Fsp3) is 0.143. The Labute approximate surface area is 170 Å². The topological polar surface area (TPSA) is 92.3 Å². The molecule has 0 aliphatic rings. The van der Waals surface area contributed by atoms with Crippen molar-refractivity contribution < 1.29 is 18.4 Å². The van der Waals surface area contributed by atoms with Gasteiger partial charge in [-0.15, -0.1) is 0 Å². The van der Waals surface area contributed by atoms with Gasteiger partial charge in [-0.1, -0.05) is 5.16 Å². The quantitative estimate of drug-likeness (QED) is 0.484. The SMILES string of the molecule is COc1cc(OC)cc(-c2noc(Cn3nc(-c4ccc(F)cc4)ccc3=O)n2)c1. The maximum atomic E-state index is 13.2. The molecule has 4 rings (SSSR count). The summed E-state index contributed by atoms with van der Waals surface area (Å²) in [5.41, 5.74) is 1.51. The zero-order valence-electron chi connectivity index (χ0n) is 16.2. The summed E-state index contributed by atoms with van der Waals surface area (Å²) < 4.78 is 30.2. The van der Waals surface area contributed by atoms with E-state index in [0.717, 1.165) is 0 Å². The molecule has 0 saturated heterocycles. The van der Waals surface area contributed by atoms with Crippen molar-refractivity contribution in [2.45, 2.75) is 6.54 Å². The van der Waals surface area contributed by atoms with Crippen molar-refractivity contribution in [2.75, 3.05) is 14.2 Å². The average molecular weight is 408 g/mol.